The lowest BCUT2D eigenvalue weighted by Gasteiger charge is -2.18. The van der Waals surface area contributed by atoms with Gasteiger partial charge >= 0.3 is 0 Å². The number of aromatic nitrogens is 2. The number of nitrogens with one attached hydrogen (secondary N) is 2. The molecule has 0 fully saturated rings. The summed E-state index contributed by atoms with van der Waals surface area (Å²) in [5.41, 5.74) is 2.05. The quantitative estimate of drug-likeness (QED) is 0.324. The molecule has 0 aliphatic heterocycles. The SMILES string of the molecule is O=C(NC(c1ccccc1)c1nc2ccc([N+](=O)[O-])cc2[nH]1)c1ccc(Cl)cc1Cl. The number of amides is 1. The third-order valence-electron chi connectivity index (χ3n) is 4.55. The first-order valence-corrected chi connectivity index (χ1v) is 9.63. The van der Waals surface area contributed by atoms with E-state index in [4.69, 9.17) is 23.2 Å². The van der Waals surface area contributed by atoms with Gasteiger partial charge in [-0.1, -0.05) is 53.5 Å². The molecule has 2 N–H and O–H groups in total. The highest BCUT2D eigenvalue weighted by Crippen LogP contribution is 2.27. The molecule has 0 aliphatic carbocycles. The van der Waals surface area contributed by atoms with E-state index in [1.54, 1.807) is 18.2 Å². The van der Waals surface area contributed by atoms with Crippen LogP contribution >= 0.6 is 23.2 Å². The second-order valence-corrected chi connectivity index (χ2v) is 7.37. The molecule has 4 rings (SSSR count). The van der Waals surface area contributed by atoms with E-state index in [2.05, 4.69) is 15.3 Å². The van der Waals surface area contributed by atoms with E-state index in [1.165, 1.54) is 18.2 Å². The predicted molar refractivity (Wildman–Crippen MR) is 115 cm³/mol. The van der Waals surface area contributed by atoms with Crippen molar-refractivity contribution in [1.29, 1.82) is 0 Å². The van der Waals surface area contributed by atoms with E-state index in [9.17, 15) is 14.9 Å². The number of halogens is 2. The second kappa shape index (κ2) is 8.14. The van der Waals surface area contributed by atoms with E-state index in [0.717, 1.165) is 5.56 Å². The maximum absolute atomic E-state index is 12.9. The fourth-order valence-electron chi connectivity index (χ4n) is 3.11. The largest absolute Gasteiger partial charge is 0.340 e. The van der Waals surface area contributed by atoms with E-state index < -0.39 is 16.9 Å². The van der Waals surface area contributed by atoms with Crippen molar-refractivity contribution in [3.63, 3.8) is 0 Å². The number of imidazole rings is 1. The van der Waals surface area contributed by atoms with Gasteiger partial charge in [-0.25, -0.2) is 4.98 Å². The molecule has 1 atom stereocenters. The number of carbonyl (C=O) groups is 1. The topological polar surface area (TPSA) is 101 Å². The van der Waals surface area contributed by atoms with Crippen molar-refractivity contribution in [2.45, 2.75) is 6.04 Å². The normalized spacial score (nSPS) is 11.9. The molecule has 1 unspecified atom stereocenters. The van der Waals surface area contributed by atoms with Crippen LogP contribution in [0.5, 0.6) is 0 Å². The molecular weight excluding hydrogens is 427 g/mol. The number of hydrogen-bond acceptors (Lipinski definition) is 4. The van der Waals surface area contributed by atoms with E-state index in [-0.39, 0.29) is 16.3 Å². The first-order valence-electron chi connectivity index (χ1n) is 8.87. The van der Waals surface area contributed by atoms with Gasteiger partial charge in [0.25, 0.3) is 11.6 Å². The van der Waals surface area contributed by atoms with E-state index in [1.807, 2.05) is 30.3 Å². The summed E-state index contributed by atoms with van der Waals surface area (Å²) in [4.78, 5) is 31.1. The molecule has 9 heteroatoms. The van der Waals surface area contributed by atoms with Crippen LogP contribution in [0.3, 0.4) is 0 Å². The predicted octanol–water partition coefficient (Wildman–Crippen LogP) is 5.30. The van der Waals surface area contributed by atoms with Gasteiger partial charge in [-0.2, -0.15) is 0 Å². The number of non-ortho nitro benzene ring substituents is 1. The van der Waals surface area contributed by atoms with Gasteiger partial charge in [0.2, 0.25) is 0 Å². The Morgan fingerprint density at radius 3 is 2.53 bits per heavy atom. The fourth-order valence-corrected chi connectivity index (χ4v) is 3.60. The van der Waals surface area contributed by atoms with Gasteiger partial charge in [-0.3, -0.25) is 14.9 Å². The maximum Gasteiger partial charge on any atom is 0.271 e. The second-order valence-electron chi connectivity index (χ2n) is 6.52. The van der Waals surface area contributed by atoms with Crippen LogP contribution in [0.1, 0.15) is 27.8 Å². The van der Waals surface area contributed by atoms with Gasteiger partial charge in [0.05, 0.1) is 26.5 Å². The number of aromatic amines is 1. The standard InChI is InChI=1S/C21H14Cl2N4O3/c22-13-6-8-15(16(23)10-13)21(28)26-19(12-4-2-1-3-5-12)20-24-17-9-7-14(27(29)30)11-18(17)25-20/h1-11,19H,(H,24,25)(H,26,28). The molecule has 3 aromatic carbocycles. The summed E-state index contributed by atoms with van der Waals surface area (Å²) in [6.45, 7) is 0. The number of rotatable bonds is 5. The summed E-state index contributed by atoms with van der Waals surface area (Å²) in [6.07, 6.45) is 0. The number of fused-ring (bicyclic) bond motifs is 1. The third kappa shape index (κ3) is 3.98. The Labute approximate surface area is 180 Å². The highest BCUT2D eigenvalue weighted by atomic mass is 35.5. The smallest absolute Gasteiger partial charge is 0.271 e. The minimum Gasteiger partial charge on any atom is -0.340 e. The molecule has 150 valence electrons. The number of benzene rings is 3. The van der Waals surface area contributed by atoms with Crippen molar-refractivity contribution in [2.24, 2.45) is 0 Å². The Balaban J connectivity index is 1.74. The zero-order chi connectivity index (χ0) is 21.3. The monoisotopic (exact) mass is 440 g/mol. The highest BCUT2D eigenvalue weighted by molar-refractivity contribution is 6.36. The lowest BCUT2D eigenvalue weighted by Crippen LogP contribution is -2.30. The average Bonchev–Trinajstić information content (AvgIpc) is 3.15. The number of nitrogens with zero attached hydrogens (tertiary/aromatic N) is 2. The summed E-state index contributed by atoms with van der Waals surface area (Å²) >= 11 is 12.1. The first kappa shape index (κ1) is 19.9. The molecule has 0 bridgehead atoms. The molecule has 4 aromatic rings. The Kier molecular flexibility index (Phi) is 5.39. The molecule has 7 nitrogen and oxygen atoms in total. The first-order chi connectivity index (χ1) is 14.4. The van der Waals surface area contributed by atoms with Crippen LogP contribution in [-0.2, 0) is 0 Å². The number of H-pyrrole nitrogens is 1. The van der Waals surface area contributed by atoms with E-state index in [0.29, 0.717) is 21.9 Å². The Morgan fingerprint density at radius 1 is 1.07 bits per heavy atom. The average molecular weight is 441 g/mol. The van der Waals surface area contributed by atoms with Crippen molar-refractivity contribution in [1.82, 2.24) is 15.3 Å². The number of nitro benzene ring substituents is 1. The molecule has 1 aromatic heterocycles. The van der Waals surface area contributed by atoms with Crippen LogP contribution in [0.15, 0.2) is 66.7 Å². The molecule has 0 saturated heterocycles. The summed E-state index contributed by atoms with van der Waals surface area (Å²) in [5, 5.41) is 14.6. The van der Waals surface area contributed by atoms with Crippen LogP contribution in [0.25, 0.3) is 11.0 Å². The maximum atomic E-state index is 12.9. The van der Waals surface area contributed by atoms with Crippen molar-refractivity contribution >= 4 is 45.8 Å². The zero-order valence-electron chi connectivity index (χ0n) is 15.3. The van der Waals surface area contributed by atoms with Gasteiger partial charge in [0, 0.05) is 17.2 Å². The van der Waals surface area contributed by atoms with Crippen molar-refractivity contribution in [3.05, 3.63) is 104 Å². The van der Waals surface area contributed by atoms with Crippen molar-refractivity contribution in [2.75, 3.05) is 0 Å². The van der Waals surface area contributed by atoms with Crippen LogP contribution in [0.2, 0.25) is 10.0 Å². The summed E-state index contributed by atoms with van der Waals surface area (Å²) < 4.78 is 0. The molecular formula is C21H14Cl2N4O3. The summed E-state index contributed by atoms with van der Waals surface area (Å²) in [7, 11) is 0. The molecule has 0 aliphatic rings. The van der Waals surface area contributed by atoms with Gasteiger partial charge in [0.1, 0.15) is 11.9 Å². The molecule has 1 amide bonds. The van der Waals surface area contributed by atoms with Crippen LogP contribution in [-0.4, -0.2) is 20.8 Å². The Morgan fingerprint density at radius 2 is 1.83 bits per heavy atom. The van der Waals surface area contributed by atoms with Gasteiger partial charge < -0.3 is 10.3 Å². The van der Waals surface area contributed by atoms with Gasteiger partial charge in [0.15, 0.2) is 0 Å². The fraction of sp³-hybridized carbons (Fsp3) is 0.0476. The lowest BCUT2D eigenvalue weighted by atomic mass is 10.1. The number of carbonyl (C=O) groups excluding carboxylic acids is 1. The van der Waals surface area contributed by atoms with Crippen LogP contribution < -0.4 is 5.32 Å². The Bertz CT molecular complexity index is 1260. The molecule has 0 spiro atoms. The minimum atomic E-state index is -0.628. The molecule has 0 radical (unpaired) electrons. The van der Waals surface area contributed by atoms with Gasteiger partial charge in [-0.15, -0.1) is 0 Å². The highest BCUT2D eigenvalue weighted by Gasteiger charge is 2.23. The van der Waals surface area contributed by atoms with Crippen molar-refractivity contribution < 1.29 is 9.72 Å². The molecule has 30 heavy (non-hydrogen) atoms. The van der Waals surface area contributed by atoms with Crippen molar-refractivity contribution in [3.8, 4) is 0 Å². The summed E-state index contributed by atoms with van der Waals surface area (Å²) in [6, 6.07) is 17.6. The minimum absolute atomic E-state index is 0.0501. The molecule has 0 saturated carbocycles. The summed E-state index contributed by atoms with van der Waals surface area (Å²) in [5.74, 6) is 0.0343. The molecule has 1 heterocycles. The van der Waals surface area contributed by atoms with Crippen LogP contribution in [0, 0.1) is 10.1 Å². The Hall–Kier alpha value is -3.42. The zero-order valence-corrected chi connectivity index (χ0v) is 16.8. The van der Waals surface area contributed by atoms with Crippen LogP contribution in [0.4, 0.5) is 5.69 Å². The van der Waals surface area contributed by atoms with E-state index >= 15 is 0 Å². The van der Waals surface area contributed by atoms with Gasteiger partial charge in [-0.05, 0) is 29.8 Å². The number of nitro groups is 1. The number of hydrogen-bond donors (Lipinski definition) is 2. The third-order valence-corrected chi connectivity index (χ3v) is 5.10. The lowest BCUT2D eigenvalue weighted by molar-refractivity contribution is -0.384.